The van der Waals surface area contributed by atoms with Gasteiger partial charge in [-0.1, -0.05) is 42.0 Å². The summed E-state index contributed by atoms with van der Waals surface area (Å²) in [4.78, 5) is 30.8. The molecule has 0 atom stereocenters. The molecule has 5 rings (SSSR count). The maximum atomic E-state index is 13.2. The monoisotopic (exact) mass is 451 g/mol. The summed E-state index contributed by atoms with van der Waals surface area (Å²) in [6.45, 7) is 1.87. The molecule has 0 unspecified atom stereocenters. The maximum absolute atomic E-state index is 13.2. The highest BCUT2D eigenvalue weighted by atomic mass is 32.2. The molecule has 2 aromatic heterocycles. The average Bonchev–Trinajstić information content (AvgIpc) is 3.27. The standard InChI is InChI=1S/C22H17N3O4S2/c1-14-6-8-15(9-7-14)17-12-30-20-19(17)22(27)24(13-23-20)10-11-25-21(26)16-4-2-3-5-18(16)31(25,28)29/h2-9,12-13H,10-11H2,1H3. The molecule has 2 aromatic carbocycles. The normalized spacial score (nSPS) is 14.9. The Balaban J connectivity index is 1.49. The number of benzene rings is 2. The van der Waals surface area contributed by atoms with E-state index in [2.05, 4.69) is 4.98 Å². The van der Waals surface area contributed by atoms with Gasteiger partial charge in [0, 0.05) is 17.5 Å². The summed E-state index contributed by atoms with van der Waals surface area (Å²) in [6.07, 6.45) is 1.40. The maximum Gasteiger partial charge on any atom is 0.269 e. The van der Waals surface area contributed by atoms with E-state index >= 15 is 0 Å². The number of aromatic nitrogens is 2. The van der Waals surface area contributed by atoms with Crippen molar-refractivity contribution >= 4 is 37.5 Å². The molecule has 156 valence electrons. The van der Waals surface area contributed by atoms with E-state index in [1.165, 1.54) is 34.4 Å². The fraction of sp³-hybridized carbons (Fsp3) is 0.136. The highest BCUT2D eigenvalue weighted by molar-refractivity contribution is 7.90. The number of hydrogen-bond acceptors (Lipinski definition) is 6. The Labute approximate surface area is 182 Å². The molecule has 9 heteroatoms. The minimum atomic E-state index is -3.92. The third kappa shape index (κ3) is 3.08. The lowest BCUT2D eigenvalue weighted by Gasteiger charge is -2.15. The summed E-state index contributed by atoms with van der Waals surface area (Å²) in [6, 6.07) is 14.0. The Hall–Kier alpha value is -3.30. The molecule has 1 amide bonds. The smallest absolute Gasteiger partial charge is 0.269 e. The van der Waals surface area contributed by atoms with Gasteiger partial charge in [0.1, 0.15) is 9.73 Å². The second-order valence-electron chi connectivity index (χ2n) is 7.32. The zero-order valence-electron chi connectivity index (χ0n) is 16.5. The first-order valence-electron chi connectivity index (χ1n) is 9.58. The van der Waals surface area contributed by atoms with Crippen molar-refractivity contribution in [1.29, 1.82) is 0 Å². The van der Waals surface area contributed by atoms with Gasteiger partial charge in [-0.25, -0.2) is 17.7 Å². The van der Waals surface area contributed by atoms with E-state index in [9.17, 15) is 18.0 Å². The predicted octanol–water partition coefficient (Wildman–Crippen LogP) is 3.28. The molecule has 0 radical (unpaired) electrons. The van der Waals surface area contributed by atoms with E-state index in [1.54, 1.807) is 12.1 Å². The Morgan fingerprint density at radius 2 is 1.71 bits per heavy atom. The molecular weight excluding hydrogens is 434 g/mol. The number of hydrogen-bond donors (Lipinski definition) is 0. The summed E-state index contributed by atoms with van der Waals surface area (Å²) in [5.41, 5.74) is 2.73. The summed E-state index contributed by atoms with van der Waals surface area (Å²) < 4.78 is 27.7. The zero-order chi connectivity index (χ0) is 21.8. The third-order valence-electron chi connectivity index (χ3n) is 5.38. The van der Waals surface area contributed by atoms with Crippen LogP contribution in [0.15, 0.2) is 69.9 Å². The van der Waals surface area contributed by atoms with Crippen LogP contribution in [0.2, 0.25) is 0 Å². The number of carbonyl (C=O) groups excluding carboxylic acids is 1. The molecule has 7 nitrogen and oxygen atoms in total. The van der Waals surface area contributed by atoms with Gasteiger partial charge in [0.25, 0.3) is 21.5 Å². The van der Waals surface area contributed by atoms with E-state index in [0.29, 0.717) is 10.2 Å². The molecule has 3 heterocycles. The Morgan fingerprint density at radius 1 is 0.968 bits per heavy atom. The largest absolute Gasteiger partial charge is 0.297 e. The van der Waals surface area contributed by atoms with Crippen molar-refractivity contribution in [3.8, 4) is 11.1 Å². The fourth-order valence-electron chi connectivity index (χ4n) is 3.72. The van der Waals surface area contributed by atoms with Gasteiger partial charge >= 0.3 is 0 Å². The van der Waals surface area contributed by atoms with Gasteiger partial charge in [0.05, 0.1) is 23.8 Å². The minimum Gasteiger partial charge on any atom is -0.297 e. The number of nitrogens with zero attached hydrogens (tertiary/aromatic N) is 3. The van der Waals surface area contributed by atoms with Crippen LogP contribution in [0.3, 0.4) is 0 Å². The molecule has 1 aliphatic heterocycles. The van der Waals surface area contributed by atoms with Crippen molar-refractivity contribution in [3.05, 3.63) is 81.7 Å². The highest BCUT2D eigenvalue weighted by Gasteiger charge is 2.40. The topological polar surface area (TPSA) is 89.3 Å². The molecule has 0 bridgehead atoms. The number of sulfonamides is 1. The predicted molar refractivity (Wildman–Crippen MR) is 119 cm³/mol. The van der Waals surface area contributed by atoms with Gasteiger partial charge in [-0.15, -0.1) is 11.3 Å². The second-order valence-corrected chi connectivity index (χ2v) is 10.0. The van der Waals surface area contributed by atoms with E-state index in [-0.39, 0.29) is 29.1 Å². The molecule has 1 aliphatic rings. The van der Waals surface area contributed by atoms with Crippen LogP contribution in [0.25, 0.3) is 21.3 Å². The quantitative estimate of drug-likeness (QED) is 0.475. The number of aryl methyl sites for hydroxylation is 1. The average molecular weight is 452 g/mol. The third-order valence-corrected chi connectivity index (χ3v) is 8.11. The second kappa shape index (κ2) is 7.14. The number of carbonyl (C=O) groups is 1. The molecule has 31 heavy (non-hydrogen) atoms. The number of rotatable bonds is 4. The SMILES string of the molecule is Cc1ccc(-c2csc3ncn(CCN4C(=O)c5ccccc5S4(=O)=O)c(=O)c23)cc1. The summed E-state index contributed by atoms with van der Waals surface area (Å²) >= 11 is 1.39. The molecular formula is C22H17N3O4S2. The first-order valence-corrected chi connectivity index (χ1v) is 11.9. The first kappa shape index (κ1) is 19.7. The van der Waals surface area contributed by atoms with Gasteiger partial charge in [0.2, 0.25) is 0 Å². The van der Waals surface area contributed by atoms with E-state index in [1.807, 2.05) is 36.6 Å². The first-order chi connectivity index (χ1) is 14.9. The summed E-state index contributed by atoms with van der Waals surface area (Å²) in [5.74, 6) is -0.575. The Morgan fingerprint density at radius 3 is 2.45 bits per heavy atom. The number of fused-ring (bicyclic) bond motifs is 2. The van der Waals surface area contributed by atoms with Crippen molar-refractivity contribution in [2.75, 3.05) is 6.54 Å². The fourth-order valence-corrected chi connectivity index (χ4v) is 6.19. The zero-order valence-corrected chi connectivity index (χ0v) is 18.1. The van der Waals surface area contributed by atoms with Crippen LogP contribution in [0.1, 0.15) is 15.9 Å². The molecule has 0 aliphatic carbocycles. The summed E-state index contributed by atoms with van der Waals surface area (Å²) in [7, 11) is -3.92. The summed E-state index contributed by atoms with van der Waals surface area (Å²) in [5, 5.41) is 2.40. The van der Waals surface area contributed by atoms with Crippen LogP contribution >= 0.6 is 11.3 Å². The van der Waals surface area contributed by atoms with Gasteiger partial charge in [0.15, 0.2) is 0 Å². The minimum absolute atomic E-state index is 0.000385. The van der Waals surface area contributed by atoms with Crippen molar-refractivity contribution < 1.29 is 13.2 Å². The molecule has 0 N–H and O–H groups in total. The Bertz CT molecular complexity index is 1500. The lowest BCUT2D eigenvalue weighted by molar-refractivity contribution is 0.0868. The van der Waals surface area contributed by atoms with Crippen molar-refractivity contribution in [1.82, 2.24) is 13.9 Å². The van der Waals surface area contributed by atoms with Crippen LogP contribution in [0.4, 0.5) is 0 Å². The molecule has 0 fully saturated rings. The Kier molecular flexibility index (Phi) is 4.53. The van der Waals surface area contributed by atoms with Crippen LogP contribution < -0.4 is 5.56 Å². The van der Waals surface area contributed by atoms with E-state index in [4.69, 9.17) is 0 Å². The van der Waals surface area contributed by atoms with Crippen LogP contribution in [-0.2, 0) is 16.6 Å². The van der Waals surface area contributed by atoms with Crippen LogP contribution in [0.5, 0.6) is 0 Å². The lowest BCUT2D eigenvalue weighted by Crippen LogP contribution is -2.35. The molecule has 0 saturated carbocycles. The van der Waals surface area contributed by atoms with Crippen LogP contribution in [0, 0.1) is 6.92 Å². The molecule has 0 spiro atoms. The van der Waals surface area contributed by atoms with Gasteiger partial charge < -0.3 is 0 Å². The van der Waals surface area contributed by atoms with Gasteiger partial charge in [-0.3, -0.25) is 14.2 Å². The van der Waals surface area contributed by atoms with E-state index < -0.39 is 15.9 Å². The van der Waals surface area contributed by atoms with Crippen molar-refractivity contribution in [2.45, 2.75) is 18.4 Å². The van der Waals surface area contributed by atoms with Crippen LogP contribution in [-0.4, -0.2) is 34.7 Å². The van der Waals surface area contributed by atoms with Crippen molar-refractivity contribution in [3.63, 3.8) is 0 Å². The number of amides is 1. The van der Waals surface area contributed by atoms with Crippen molar-refractivity contribution in [2.24, 2.45) is 0 Å². The highest BCUT2D eigenvalue weighted by Crippen LogP contribution is 2.31. The van der Waals surface area contributed by atoms with Gasteiger partial charge in [-0.2, -0.15) is 0 Å². The van der Waals surface area contributed by atoms with Gasteiger partial charge in [-0.05, 0) is 24.6 Å². The number of thiophene rings is 1. The lowest BCUT2D eigenvalue weighted by atomic mass is 10.1. The van der Waals surface area contributed by atoms with E-state index in [0.717, 1.165) is 21.0 Å². The molecule has 0 saturated heterocycles. The molecule has 4 aromatic rings.